The molecule has 0 bridgehead atoms. The summed E-state index contributed by atoms with van der Waals surface area (Å²) in [5.41, 5.74) is 2.20. The van der Waals surface area contributed by atoms with Gasteiger partial charge in [0.15, 0.2) is 5.16 Å². The first-order chi connectivity index (χ1) is 10.9. The molecule has 1 atom stereocenters. The van der Waals surface area contributed by atoms with Gasteiger partial charge in [0.1, 0.15) is 5.76 Å². The minimum atomic E-state index is -0.211. The highest BCUT2D eigenvalue weighted by atomic mass is 32.2. The van der Waals surface area contributed by atoms with Gasteiger partial charge in [0.2, 0.25) is 5.91 Å². The van der Waals surface area contributed by atoms with Crippen molar-refractivity contribution in [2.45, 2.75) is 58.1 Å². The SMILES string of the molecule is Cc1nc(S[C@H](C)C(=O)NCc2ccco2)n(CC(C)C)c1C. The predicted octanol–water partition coefficient (Wildman–Crippen LogP) is 3.55. The van der Waals surface area contributed by atoms with Crippen molar-refractivity contribution in [3.05, 3.63) is 35.5 Å². The summed E-state index contributed by atoms with van der Waals surface area (Å²) in [5, 5.41) is 3.60. The molecule has 2 aromatic heterocycles. The average molecular weight is 335 g/mol. The standard InChI is InChI=1S/C17H25N3O2S/c1-11(2)10-20-13(4)12(3)19-17(20)23-14(5)16(21)18-9-15-7-6-8-22-15/h6-8,11,14H,9-10H2,1-5H3,(H,18,21)/t14-/m1/s1. The second-order valence-corrected chi connectivity index (χ2v) is 7.43. The molecule has 0 aromatic carbocycles. The van der Waals surface area contributed by atoms with Crippen LogP contribution in [0, 0.1) is 19.8 Å². The molecular formula is C17H25N3O2S. The molecule has 0 fully saturated rings. The summed E-state index contributed by atoms with van der Waals surface area (Å²) in [7, 11) is 0. The quantitative estimate of drug-likeness (QED) is 0.786. The van der Waals surface area contributed by atoms with Crippen molar-refractivity contribution in [2.24, 2.45) is 5.92 Å². The lowest BCUT2D eigenvalue weighted by Gasteiger charge is -2.15. The van der Waals surface area contributed by atoms with Crippen molar-refractivity contribution < 1.29 is 9.21 Å². The van der Waals surface area contributed by atoms with E-state index in [1.807, 2.05) is 26.0 Å². The van der Waals surface area contributed by atoms with E-state index < -0.39 is 0 Å². The summed E-state index contributed by atoms with van der Waals surface area (Å²) < 4.78 is 7.44. The Morgan fingerprint density at radius 1 is 1.39 bits per heavy atom. The Morgan fingerprint density at radius 2 is 2.13 bits per heavy atom. The Kier molecular flexibility index (Phi) is 5.93. The number of hydrogen-bond acceptors (Lipinski definition) is 4. The number of hydrogen-bond donors (Lipinski definition) is 1. The van der Waals surface area contributed by atoms with Crippen molar-refractivity contribution in [2.75, 3.05) is 0 Å². The van der Waals surface area contributed by atoms with Gasteiger partial charge in [-0.2, -0.15) is 0 Å². The molecule has 0 aliphatic heterocycles. The smallest absolute Gasteiger partial charge is 0.233 e. The van der Waals surface area contributed by atoms with Gasteiger partial charge in [0.25, 0.3) is 0 Å². The molecule has 0 radical (unpaired) electrons. The maximum Gasteiger partial charge on any atom is 0.233 e. The molecule has 0 saturated heterocycles. The van der Waals surface area contributed by atoms with Crippen LogP contribution >= 0.6 is 11.8 Å². The highest BCUT2D eigenvalue weighted by Crippen LogP contribution is 2.26. The van der Waals surface area contributed by atoms with Crippen LogP contribution in [0.5, 0.6) is 0 Å². The van der Waals surface area contributed by atoms with E-state index in [0.29, 0.717) is 12.5 Å². The van der Waals surface area contributed by atoms with Crippen molar-refractivity contribution in [1.29, 1.82) is 0 Å². The average Bonchev–Trinajstić information content (AvgIpc) is 3.09. The van der Waals surface area contributed by atoms with Gasteiger partial charge in [-0.1, -0.05) is 25.6 Å². The van der Waals surface area contributed by atoms with Crippen LogP contribution in [0.15, 0.2) is 28.0 Å². The topological polar surface area (TPSA) is 60.1 Å². The summed E-state index contributed by atoms with van der Waals surface area (Å²) in [5.74, 6) is 1.27. The Hall–Kier alpha value is -1.69. The number of thioether (sulfide) groups is 1. The molecule has 2 heterocycles. The Morgan fingerprint density at radius 3 is 2.74 bits per heavy atom. The number of imidazole rings is 1. The summed E-state index contributed by atoms with van der Waals surface area (Å²) >= 11 is 1.50. The highest BCUT2D eigenvalue weighted by Gasteiger charge is 2.20. The van der Waals surface area contributed by atoms with Crippen LogP contribution in [0.2, 0.25) is 0 Å². The second-order valence-electron chi connectivity index (χ2n) is 6.13. The van der Waals surface area contributed by atoms with Gasteiger partial charge in [-0.3, -0.25) is 4.79 Å². The van der Waals surface area contributed by atoms with Crippen LogP contribution in [0.25, 0.3) is 0 Å². The van der Waals surface area contributed by atoms with E-state index in [1.54, 1.807) is 6.26 Å². The summed E-state index contributed by atoms with van der Waals surface area (Å²) in [6, 6.07) is 3.66. The first-order valence-electron chi connectivity index (χ1n) is 7.89. The normalized spacial score (nSPS) is 12.6. The van der Waals surface area contributed by atoms with Gasteiger partial charge in [-0.05, 0) is 38.8 Å². The molecule has 2 aromatic rings. The molecule has 23 heavy (non-hydrogen) atoms. The van der Waals surface area contributed by atoms with Gasteiger partial charge >= 0.3 is 0 Å². The second kappa shape index (κ2) is 7.73. The van der Waals surface area contributed by atoms with E-state index in [2.05, 4.69) is 35.6 Å². The molecule has 126 valence electrons. The molecule has 1 N–H and O–H groups in total. The minimum absolute atomic E-state index is 0.0131. The van der Waals surface area contributed by atoms with E-state index in [9.17, 15) is 4.79 Å². The van der Waals surface area contributed by atoms with E-state index in [1.165, 1.54) is 17.5 Å². The molecule has 5 nitrogen and oxygen atoms in total. The minimum Gasteiger partial charge on any atom is -0.467 e. The molecule has 0 aliphatic rings. The zero-order valence-electron chi connectivity index (χ0n) is 14.4. The van der Waals surface area contributed by atoms with Crippen LogP contribution in [0.4, 0.5) is 0 Å². The zero-order valence-corrected chi connectivity index (χ0v) is 15.2. The van der Waals surface area contributed by atoms with E-state index >= 15 is 0 Å². The third-order valence-corrected chi connectivity index (χ3v) is 4.73. The number of carbonyl (C=O) groups is 1. The van der Waals surface area contributed by atoms with Crippen LogP contribution in [0.3, 0.4) is 0 Å². The molecule has 0 aliphatic carbocycles. The zero-order chi connectivity index (χ0) is 17.0. The number of nitrogens with one attached hydrogen (secondary N) is 1. The Balaban J connectivity index is 2.00. The highest BCUT2D eigenvalue weighted by molar-refractivity contribution is 8.00. The molecule has 2 rings (SSSR count). The van der Waals surface area contributed by atoms with Crippen LogP contribution < -0.4 is 5.32 Å². The monoisotopic (exact) mass is 335 g/mol. The van der Waals surface area contributed by atoms with Crippen LogP contribution in [0.1, 0.15) is 37.9 Å². The number of amides is 1. The maximum absolute atomic E-state index is 12.3. The molecule has 6 heteroatoms. The number of nitrogens with zero attached hydrogens (tertiary/aromatic N) is 2. The third kappa shape index (κ3) is 4.64. The van der Waals surface area contributed by atoms with Crippen molar-refractivity contribution in [3.63, 3.8) is 0 Å². The Labute approximate surface area is 141 Å². The molecule has 0 saturated carbocycles. The number of aromatic nitrogens is 2. The van der Waals surface area contributed by atoms with Crippen molar-refractivity contribution in [1.82, 2.24) is 14.9 Å². The van der Waals surface area contributed by atoms with Gasteiger partial charge in [-0.15, -0.1) is 0 Å². The van der Waals surface area contributed by atoms with Crippen molar-refractivity contribution in [3.8, 4) is 0 Å². The lowest BCUT2D eigenvalue weighted by Crippen LogP contribution is -2.30. The van der Waals surface area contributed by atoms with Gasteiger partial charge in [0, 0.05) is 12.2 Å². The van der Waals surface area contributed by atoms with Gasteiger partial charge in [0.05, 0.1) is 23.8 Å². The first kappa shape index (κ1) is 17.7. The fourth-order valence-electron chi connectivity index (χ4n) is 2.24. The van der Waals surface area contributed by atoms with Crippen molar-refractivity contribution >= 4 is 17.7 Å². The van der Waals surface area contributed by atoms with Crippen LogP contribution in [-0.2, 0) is 17.9 Å². The Bertz CT molecular complexity index is 647. The number of rotatable bonds is 7. The van der Waals surface area contributed by atoms with E-state index in [4.69, 9.17) is 4.42 Å². The number of furan rings is 1. The molecule has 0 unspecified atom stereocenters. The maximum atomic E-state index is 12.3. The third-order valence-electron chi connectivity index (χ3n) is 3.64. The van der Waals surface area contributed by atoms with Crippen LogP contribution in [-0.4, -0.2) is 20.7 Å². The lowest BCUT2D eigenvalue weighted by molar-refractivity contribution is -0.120. The number of carbonyl (C=O) groups excluding carboxylic acids is 1. The fourth-order valence-corrected chi connectivity index (χ4v) is 3.27. The fraction of sp³-hybridized carbons (Fsp3) is 0.529. The lowest BCUT2D eigenvalue weighted by atomic mass is 10.2. The molecular weight excluding hydrogens is 310 g/mol. The van der Waals surface area contributed by atoms with Gasteiger partial charge < -0.3 is 14.3 Å². The summed E-state index contributed by atoms with van der Waals surface area (Å²) in [6.07, 6.45) is 1.61. The molecule has 0 spiro atoms. The predicted molar refractivity (Wildman–Crippen MR) is 92.4 cm³/mol. The van der Waals surface area contributed by atoms with E-state index in [0.717, 1.165) is 23.2 Å². The van der Waals surface area contributed by atoms with E-state index in [-0.39, 0.29) is 11.2 Å². The van der Waals surface area contributed by atoms with Gasteiger partial charge in [-0.25, -0.2) is 4.98 Å². The first-order valence-corrected chi connectivity index (χ1v) is 8.77. The number of aryl methyl sites for hydroxylation is 1. The molecule has 1 amide bonds. The largest absolute Gasteiger partial charge is 0.467 e. The summed E-state index contributed by atoms with van der Waals surface area (Å²) in [4.78, 5) is 16.9. The summed E-state index contributed by atoms with van der Waals surface area (Å²) in [6.45, 7) is 11.7.